The van der Waals surface area contributed by atoms with Gasteiger partial charge in [0, 0.05) is 19.1 Å². The van der Waals surface area contributed by atoms with E-state index in [1.54, 1.807) is 0 Å². The number of carbonyl (C=O) groups excluding carboxylic acids is 1. The number of urea groups is 1. The summed E-state index contributed by atoms with van der Waals surface area (Å²) in [6, 6.07) is 0.396. The average Bonchev–Trinajstić information content (AvgIpc) is 2.16. The zero-order chi connectivity index (χ0) is 11.4. The summed E-state index contributed by atoms with van der Waals surface area (Å²) in [5.41, 5.74) is 0. The maximum Gasteiger partial charge on any atom is 0.317 e. The molecule has 0 saturated carbocycles. The molecule has 2 amide bonds. The number of rotatable bonds is 2. The molecule has 3 nitrogen and oxygen atoms in total. The molecule has 0 bridgehead atoms. The van der Waals surface area contributed by atoms with Gasteiger partial charge in [0.05, 0.1) is 0 Å². The van der Waals surface area contributed by atoms with E-state index in [2.05, 4.69) is 33.0 Å². The van der Waals surface area contributed by atoms with E-state index in [9.17, 15) is 4.79 Å². The summed E-state index contributed by atoms with van der Waals surface area (Å²) in [5, 5.41) is 3.03. The Balaban J connectivity index is 2.44. The highest BCUT2D eigenvalue weighted by molar-refractivity contribution is 5.74. The third-order valence-electron chi connectivity index (χ3n) is 3.14. The molecular formula is C12H24N2O. The molecule has 3 atom stereocenters. The van der Waals surface area contributed by atoms with Crippen LogP contribution in [0.4, 0.5) is 4.79 Å². The molecule has 0 spiro atoms. The zero-order valence-electron chi connectivity index (χ0n) is 10.4. The van der Waals surface area contributed by atoms with Gasteiger partial charge >= 0.3 is 6.03 Å². The fourth-order valence-electron chi connectivity index (χ4n) is 2.23. The second-order valence-corrected chi connectivity index (χ2v) is 5.11. The van der Waals surface area contributed by atoms with Crippen LogP contribution in [-0.4, -0.2) is 30.1 Å². The Bertz CT molecular complexity index is 208. The van der Waals surface area contributed by atoms with Crippen molar-refractivity contribution in [2.75, 3.05) is 13.1 Å². The summed E-state index contributed by atoms with van der Waals surface area (Å²) in [6.07, 6.45) is 2.23. The third-order valence-corrected chi connectivity index (χ3v) is 3.14. The SMILES string of the molecule is CC[C@@H](C)NC(=O)N1C[C@H](C)C[C@H](C)C1. The van der Waals surface area contributed by atoms with Crippen LogP contribution in [-0.2, 0) is 0 Å². The van der Waals surface area contributed by atoms with Crippen molar-refractivity contribution in [2.24, 2.45) is 11.8 Å². The highest BCUT2D eigenvalue weighted by Crippen LogP contribution is 2.20. The molecule has 0 aromatic carbocycles. The Morgan fingerprint density at radius 3 is 2.40 bits per heavy atom. The number of piperidine rings is 1. The minimum atomic E-state index is 0.114. The van der Waals surface area contributed by atoms with Gasteiger partial charge in [-0.2, -0.15) is 0 Å². The average molecular weight is 212 g/mol. The van der Waals surface area contributed by atoms with Crippen molar-refractivity contribution in [2.45, 2.75) is 46.6 Å². The first kappa shape index (κ1) is 12.3. The van der Waals surface area contributed by atoms with Crippen LogP contribution >= 0.6 is 0 Å². The highest BCUT2D eigenvalue weighted by atomic mass is 16.2. The van der Waals surface area contributed by atoms with Crippen LogP contribution in [0.3, 0.4) is 0 Å². The lowest BCUT2D eigenvalue weighted by Crippen LogP contribution is -2.49. The van der Waals surface area contributed by atoms with E-state index in [0.717, 1.165) is 19.5 Å². The Kier molecular flexibility index (Phi) is 4.43. The minimum absolute atomic E-state index is 0.114. The number of carbonyl (C=O) groups is 1. The van der Waals surface area contributed by atoms with E-state index in [-0.39, 0.29) is 12.1 Å². The summed E-state index contributed by atoms with van der Waals surface area (Å²) in [6.45, 7) is 10.4. The molecule has 1 aliphatic rings. The lowest BCUT2D eigenvalue weighted by atomic mass is 9.92. The van der Waals surface area contributed by atoms with Crippen molar-refractivity contribution in [3.63, 3.8) is 0 Å². The molecule has 1 fully saturated rings. The number of hydrogen-bond donors (Lipinski definition) is 1. The number of hydrogen-bond acceptors (Lipinski definition) is 1. The van der Waals surface area contributed by atoms with E-state index in [0.29, 0.717) is 11.8 Å². The molecule has 1 aliphatic heterocycles. The smallest absolute Gasteiger partial charge is 0.317 e. The fraction of sp³-hybridized carbons (Fsp3) is 0.917. The van der Waals surface area contributed by atoms with Crippen LogP contribution in [0.2, 0.25) is 0 Å². The molecule has 1 N–H and O–H groups in total. The molecule has 0 radical (unpaired) electrons. The van der Waals surface area contributed by atoms with Crippen LogP contribution in [0.1, 0.15) is 40.5 Å². The highest BCUT2D eigenvalue weighted by Gasteiger charge is 2.25. The number of likely N-dealkylation sites (tertiary alicyclic amines) is 1. The van der Waals surface area contributed by atoms with Crippen molar-refractivity contribution in [1.82, 2.24) is 10.2 Å². The van der Waals surface area contributed by atoms with Crippen molar-refractivity contribution >= 4 is 6.03 Å². The predicted octanol–water partition coefficient (Wildman–Crippen LogP) is 2.47. The number of nitrogens with one attached hydrogen (secondary N) is 1. The third kappa shape index (κ3) is 3.73. The standard InChI is InChI=1S/C12H24N2O/c1-5-11(4)13-12(15)14-7-9(2)6-10(3)8-14/h9-11H,5-8H2,1-4H3,(H,13,15)/t9-,10+,11-/m1/s1. The Morgan fingerprint density at radius 2 is 1.93 bits per heavy atom. The van der Waals surface area contributed by atoms with Gasteiger partial charge in [-0.1, -0.05) is 20.8 Å². The van der Waals surface area contributed by atoms with Gasteiger partial charge in [-0.05, 0) is 31.6 Å². The molecule has 1 rings (SSSR count). The number of nitrogens with zero attached hydrogens (tertiary/aromatic N) is 1. The summed E-state index contributed by atoms with van der Waals surface area (Å²) < 4.78 is 0. The molecule has 1 saturated heterocycles. The first-order valence-electron chi connectivity index (χ1n) is 6.08. The Hall–Kier alpha value is -0.730. The maximum absolute atomic E-state index is 11.9. The summed E-state index contributed by atoms with van der Waals surface area (Å²) in [7, 11) is 0. The predicted molar refractivity (Wildman–Crippen MR) is 62.8 cm³/mol. The lowest BCUT2D eigenvalue weighted by Gasteiger charge is -2.35. The van der Waals surface area contributed by atoms with Gasteiger partial charge < -0.3 is 10.2 Å². The Labute approximate surface area is 93.2 Å². The van der Waals surface area contributed by atoms with Crippen molar-refractivity contribution in [3.05, 3.63) is 0 Å². The second-order valence-electron chi connectivity index (χ2n) is 5.11. The first-order chi connectivity index (χ1) is 7.02. The summed E-state index contributed by atoms with van der Waals surface area (Å²) in [5.74, 6) is 1.27. The van der Waals surface area contributed by atoms with Crippen LogP contribution in [0, 0.1) is 11.8 Å². The number of amides is 2. The van der Waals surface area contributed by atoms with E-state index < -0.39 is 0 Å². The van der Waals surface area contributed by atoms with Crippen LogP contribution in [0.5, 0.6) is 0 Å². The molecule has 15 heavy (non-hydrogen) atoms. The van der Waals surface area contributed by atoms with Gasteiger partial charge in [-0.3, -0.25) is 0 Å². The maximum atomic E-state index is 11.9. The minimum Gasteiger partial charge on any atom is -0.336 e. The molecule has 3 heteroatoms. The van der Waals surface area contributed by atoms with Crippen LogP contribution in [0.15, 0.2) is 0 Å². The van der Waals surface area contributed by atoms with Crippen molar-refractivity contribution < 1.29 is 4.79 Å². The lowest BCUT2D eigenvalue weighted by molar-refractivity contribution is 0.144. The van der Waals surface area contributed by atoms with Gasteiger partial charge in [0.15, 0.2) is 0 Å². The van der Waals surface area contributed by atoms with Gasteiger partial charge in [-0.15, -0.1) is 0 Å². The molecule has 88 valence electrons. The zero-order valence-corrected chi connectivity index (χ0v) is 10.4. The van der Waals surface area contributed by atoms with Gasteiger partial charge in [-0.25, -0.2) is 4.79 Å². The molecule has 0 aromatic heterocycles. The van der Waals surface area contributed by atoms with Crippen molar-refractivity contribution in [1.29, 1.82) is 0 Å². The molecular weight excluding hydrogens is 188 g/mol. The summed E-state index contributed by atoms with van der Waals surface area (Å²) >= 11 is 0. The van der Waals surface area contributed by atoms with Crippen LogP contribution < -0.4 is 5.32 Å². The van der Waals surface area contributed by atoms with Crippen LogP contribution in [0.25, 0.3) is 0 Å². The quantitative estimate of drug-likeness (QED) is 0.749. The second kappa shape index (κ2) is 5.38. The van der Waals surface area contributed by atoms with E-state index in [1.807, 2.05) is 4.90 Å². The largest absolute Gasteiger partial charge is 0.336 e. The fourth-order valence-corrected chi connectivity index (χ4v) is 2.23. The Morgan fingerprint density at radius 1 is 1.40 bits per heavy atom. The van der Waals surface area contributed by atoms with Gasteiger partial charge in [0.1, 0.15) is 0 Å². The monoisotopic (exact) mass is 212 g/mol. The molecule has 0 aliphatic carbocycles. The topological polar surface area (TPSA) is 32.3 Å². The summed E-state index contributed by atoms with van der Waals surface area (Å²) in [4.78, 5) is 13.8. The van der Waals surface area contributed by atoms with E-state index >= 15 is 0 Å². The normalized spacial score (nSPS) is 28.7. The van der Waals surface area contributed by atoms with Gasteiger partial charge in [0.25, 0.3) is 0 Å². The van der Waals surface area contributed by atoms with E-state index in [1.165, 1.54) is 6.42 Å². The molecule has 0 unspecified atom stereocenters. The first-order valence-corrected chi connectivity index (χ1v) is 6.08. The molecule has 0 aromatic rings. The van der Waals surface area contributed by atoms with Gasteiger partial charge in [0.2, 0.25) is 0 Å². The molecule has 1 heterocycles. The van der Waals surface area contributed by atoms with E-state index in [4.69, 9.17) is 0 Å². The van der Waals surface area contributed by atoms with Crippen molar-refractivity contribution in [3.8, 4) is 0 Å².